The number of hydrogen-bond donors (Lipinski definition) is 0. The molecule has 0 unspecified atom stereocenters. The Labute approximate surface area is 263 Å². The Hall–Kier alpha value is -5.58. The van der Waals surface area contributed by atoms with Crippen LogP contribution in [0.3, 0.4) is 0 Å². The van der Waals surface area contributed by atoms with Crippen LogP contribution in [0.25, 0.3) is 69.4 Å². The molecule has 0 aliphatic rings. The monoisotopic (exact) mass is 594 g/mol. The number of nitrogens with zero attached hydrogens (tertiary/aromatic N) is 2. The molecule has 7 aromatic carbocycles. The fourth-order valence-corrected chi connectivity index (χ4v) is 7.92. The summed E-state index contributed by atoms with van der Waals surface area (Å²) in [5.74, 6) is 0.614. The first-order chi connectivity index (χ1) is 22.3. The summed E-state index contributed by atoms with van der Waals surface area (Å²) < 4.78 is 8.74. The molecular weight excluding hydrogens is 569 g/mol. The van der Waals surface area contributed by atoms with Crippen molar-refractivity contribution in [2.45, 2.75) is 6.42 Å². The van der Waals surface area contributed by atoms with E-state index >= 15 is 0 Å². The number of fused-ring (bicyclic) bond motifs is 6. The van der Waals surface area contributed by atoms with Crippen molar-refractivity contribution in [3.05, 3.63) is 150 Å². The first-order valence-corrected chi connectivity index (χ1v) is 15.9. The van der Waals surface area contributed by atoms with Crippen molar-refractivity contribution < 1.29 is 4.42 Å². The van der Waals surface area contributed by atoms with E-state index in [0.717, 1.165) is 44.3 Å². The predicted molar refractivity (Wildman–Crippen MR) is 193 cm³/mol. The van der Waals surface area contributed by atoms with Crippen molar-refractivity contribution >= 4 is 93.2 Å². The summed E-state index contributed by atoms with van der Waals surface area (Å²) >= 11 is 1.84. The van der Waals surface area contributed by atoms with Crippen molar-refractivity contribution in [2.24, 2.45) is 9.98 Å². The van der Waals surface area contributed by atoms with Crippen LogP contribution in [0.2, 0.25) is 0 Å². The largest absolute Gasteiger partial charge is 0.456 e. The Kier molecular flexibility index (Phi) is 5.90. The van der Waals surface area contributed by atoms with Crippen LogP contribution in [0.1, 0.15) is 16.7 Å². The minimum absolute atomic E-state index is 0.614. The fourth-order valence-electron chi connectivity index (χ4n) is 6.78. The summed E-state index contributed by atoms with van der Waals surface area (Å²) in [7, 11) is 0. The van der Waals surface area contributed by atoms with Gasteiger partial charge in [-0.2, -0.15) is 0 Å². The van der Waals surface area contributed by atoms with Gasteiger partial charge < -0.3 is 4.42 Å². The molecule has 9 aromatic rings. The van der Waals surface area contributed by atoms with Crippen LogP contribution in [0.15, 0.2) is 148 Å². The van der Waals surface area contributed by atoms with E-state index in [1.807, 2.05) is 47.7 Å². The van der Waals surface area contributed by atoms with E-state index in [1.165, 1.54) is 41.7 Å². The average Bonchev–Trinajstić information content (AvgIpc) is 3.67. The summed E-state index contributed by atoms with van der Waals surface area (Å²) in [6, 6.07) is 44.6. The van der Waals surface area contributed by atoms with E-state index in [4.69, 9.17) is 9.41 Å². The number of para-hydroxylation sites is 1. The highest BCUT2D eigenvalue weighted by Gasteiger charge is 2.20. The van der Waals surface area contributed by atoms with Crippen LogP contribution in [0, 0.1) is 0 Å². The summed E-state index contributed by atoms with van der Waals surface area (Å²) in [6.45, 7) is 4.02. The molecule has 0 radical (unpaired) electrons. The van der Waals surface area contributed by atoms with Crippen molar-refractivity contribution in [2.75, 3.05) is 0 Å². The van der Waals surface area contributed by atoms with Gasteiger partial charge in [-0.3, -0.25) is 0 Å². The van der Waals surface area contributed by atoms with Crippen molar-refractivity contribution in [1.29, 1.82) is 0 Å². The molecule has 0 atom stereocenters. The molecule has 0 N–H and O–H groups in total. The molecule has 0 spiro atoms. The number of thiophene rings is 1. The van der Waals surface area contributed by atoms with Crippen molar-refractivity contribution in [3.63, 3.8) is 0 Å². The van der Waals surface area contributed by atoms with Crippen LogP contribution < -0.4 is 0 Å². The van der Waals surface area contributed by atoms with E-state index in [9.17, 15) is 0 Å². The Morgan fingerprint density at radius 3 is 2.20 bits per heavy atom. The molecule has 0 amide bonds. The number of rotatable bonds is 5. The molecule has 0 aliphatic heterocycles. The zero-order valence-corrected chi connectivity index (χ0v) is 25.1. The molecule has 2 heterocycles. The van der Waals surface area contributed by atoms with Gasteiger partial charge in [-0.25, -0.2) is 9.98 Å². The summed E-state index contributed by atoms with van der Waals surface area (Å²) in [6.07, 6.45) is 2.87. The van der Waals surface area contributed by atoms with E-state index in [2.05, 4.69) is 109 Å². The molecule has 0 bridgehead atoms. The summed E-state index contributed by atoms with van der Waals surface area (Å²) in [5.41, 5.74) is 5.83. The van der Waals surface area contributed by atoms with Gasteiger partial charge in [0.25, 0.3) is 0 Å². The lowest BCUT2D eigenvalue weighted by Crippen LogP contribution is -2.00. The number of hydrogen-bond acceptors (Lipinski definition) is 3. The van der Waals surface area contributed by atoms with Crippen LogP contribution in [0.4, 0.5) is 0 Å². The number of benzene rings is 7. The third kappa shape index (κ3) is 4.10. The summed E-state index contributed by atoms with van der Waals surface area (Å²) in [4.78, 5) is 9.81. The highest BCUT2D eigenvalue weighted by molar-refractivity contribution is 7.26. The van der Waals surface area contributed by atoms with Crippen LogP contribution in [-0.2, 0) is 6.42 Å². The molecule has 4 heteroatoms. The molecule has 0 saturated carbocycles. The zero-order valence-electron chi connectivity index (χ0n) is 24.3. The Balaban J connectivity index is 1.22. The minimum Gasteiger partial charge on any atom is -0.456 e. The second-order valence-electron chi connectivity index (χ2n) is 11.4. The molecule has 0 saturated heterocycles. The maximum atomic E-state index is 6.17. The number of amidine groups is 1. The maximum absolute atomic E-state index is 6.17. The number of aliphatic imine (C=N–C) groups is 2. The quantitative estimate of drug-likeness (QED) is 0.111. The second kappa shape index (κ2) is 10.3. The minimum atomic E-state index is 0.614. The maximum Gasteiger partial charge on any atom is 0.159 e. The Morgan fingerprint density at radius 1 is 0.622 bits per heavy atom. The molecule has 0 fully saturated rings. The molecule has 9 rings (SSSR count). The zero-order chi connectivity index (χ0) is 29.9. The van der Waals surface area contributed by atoms with Gasteiger partial charge in [-0.05, 0) is 70.8 Å². The molecule has 2 aromatic heterocycles. The topological polar surface area (TPSA) is 37.9 Å². The van der Waals surface area contributed by atoms with E-state index in [0.29, 0.717) is 12.3 Å². The molecule has 212 valence electrons. The van der Waals surface area contributed by atoms with Gasteiger partial charge >= 0.3 is 0 Å². The SMILES string of the molecule is C=NC(=N/C(=C\Cc1ccc2c(c1)oc1ccccc12)c1ccccc1)c1ccc2sc3cccc4c5ccccc5c1c2c34. The van der Waals surface area contributed by atoms with Crippen LogP contribution >= 0.6 is 11.3 Å². The normalized spacial score (nSPS) is 12.9. The molecule has 45 heavy (non-hydrogen) atoms. The lowest BCUT2D eigenvalue weighted by molar-refractivity contribution is 0.668. The predicted octanol–water partition coefficient (Wildman–Crippen LogP) is 11.4. The Morgan fingerprint density at radius 2 is 1.33 bits per heavy atom. The standard InChI is InChI=1S/C41H26N2OS/c1-42-41(32-21-23-37-40-38(32)30-14-6-5-12-27(30)31-15-9-17-36(45-37)39(31)40)43-33(26-10-3-2-4-11-26)22-19-25-18-20-29-28-13-7-8-16-34(28)44-35(29)24-25/h2-18,20-24H,1,19H2/b33-22-,43-41?. The average molecular weight is 595 g/mol. The van der Waals surface area contributed by atoms with E-state index < -0.39 is 0 Å². The van der Waals surface area contributed by atoms with E-state index in [1.54, 1.807) is 0 Å². The van der Waals surface area contributed by atoms with Crippen molar-refractivity contribution in [3.8, 4) is 0 Å². The smallest absolute Gasteiger partial charge is 0.159 e. The third-order valence-corrected chi connectivity index (χ3v) is 9.93. The molecule has 0 aliphatic carbocycles. The third-order valence-electron chi connectivity index (χ3n) is 8.81. The highest BCUT2D eigenvalue weighted by Crippen LogP contribution is 2.46. The van der Waals surface area contributed by atoms with Crippen molar-refractivity contribution in [1.82, 2.24) is 0 Å². The Bertz CT molecular complexity index is 2640. The van der Waals surface area contributed by atoms with Gasteiger partial charge in [0.05, 0.1) is 5.70 Å². The number of furan rings is 1. The van der Waals surface area contributed by atoms with Crippen LogP contribution in [-0.4, -0.2) is 12.6 Å². The lowest BCUT2D eigenvalue weighted by atomic mass is 9.91. The second-order valence-corrected chi connectivity index (χ2v) is 12.5. The van der Waals surface area contributed by atoms with Gasteiger partial charge in [0.2, 0.25) is 0 Å². The molecular formula is C41H26N2OS. The van der Waals surface area contributed by atoms with Gasteiger partial charge in [-0.1, -0.05) is 103 Å². The van der Waals surface area contributed by atoms with E-state index in [-0.39, 0.29) is 0 Å². The van der Waals surface area contributed by atoms with Gasteiger partial charge in [0, 0.05) is 41.9 Å². The van der Waals surface area contributed by atoms with Gasteiger partial charge in [0.15, 0.2) is 5.84 Å². The van der Waals surface area contributed by atoms with Gasteiger partial charge in [-0.15, -0.1) is 11.3 Å². The number of allylic oxidation sites excluding steroid dienone is 1. The highest BCUT2D eigenvalue weighted by atomic mass is 32.1. The van der Waals surface area contributed by atoms with Gasteiger partial charge in [0.1, 0.15) is 11.2 Å². The first kappa shape index (κ1) is 25.9. The molecule has 3 nitrogen and oxygen atoms in total. The fraction of sp³-hybridized carbons (Fsp3) is 0.0244. The lowest BCUT2D eigenvalue weighted by Gasteiger charge is -2.13. The summed E-state index contributed by atoms with van der Waals surface area (Å²) in [5, 5.41) is 9.78. The van der Waals surface area contributed by atoms with Crippen LogP contribution in [0.5, 0.6) is 0 Å². The first-order valence-electron chi connectivity index (χ1n) is 15.1.